The van der Waals surface area contributed by atoms with Gasteiger partial charge in [-0.1, -0.05) is 37.6 Å². The fraction of sp³-hybridized carbons (Fsp3) is 0.600. The summed E-state index contributed by atoms with van der Waals surface area (Å²) in [7, 11) is 0. The molecule has 17 heavy (non-hydrogen) atoms. The van der Waals surface area contributed by atoms with Crippen molar-refractivity contribution in [3.05, 3.63) is 35.4 Å². The van der Waals surface area contributed by atoms with E-state index in [0.29, 0.717) is 6.54 Å². The molecule has 1 fully saturated rings. The van der Waals surface area contributed by atoms with E-state index in [1.54, 1.807) is 0 Å². The molecule has 1 aliphatic heterocycles. The molecule has 2 rings (SSSR count). The Kier molecular flexibility index (Phi) is 4.57. The number of nitrogens with zero attached hydrogens (tertiary/aromatic N) is 1. The molecule has 1 aliphatic rings. The summed E-state index contributed by atoms with van der Waals surface area (Å²) in [5.74, 6) is 0.928. The first-order valence-electron chi connectivity index (χ1n) is 6.82. The van der Waals surface area contributed by atoms with Crippen LogP contribution in [0.25, 0.3) is 0 Å². The monoisotopic (exact) mass is 232 g/mol. The molecular weight excluding hydrogens is 208 g/mol. The summed E-state index contributed by atoms with van der Waals surface area (Å²) in [6, 6.07) is 8.68. The lowest BCUT2D eigenvalue weighted by Crippen LogP contribution is -2.20. The second kappa shape index (κ2) is 6.18. The fourth-order valence-electron chi connectivity index (χ4n) is 2.81. The molecule has 0 aliphatic carbocycles. The van der Waals surface area contributed by atoms with Crippen LogP contribution >= 0.6 is 0 Å². The molecule has 0 radical (unpaired) electrons. The highest BCUT2D eigenvalue weighted by atomic mass is 15.1. The quantitative estimate of drug-likeness (QED) is 0.846. The second-order valence-electron chi connectivity index (χ2n) is 5.20. The van der Waals surface area contributed by atoms with Gasteiger partial charge in [-0.2, -0.15) is 0 Å². The molecule has 0 saturated carbocycles. The van der Waals surface area contributed by atoms with Crippen molar-refractivity contribution in [3.63, 3.8) is 0 Å². The SMILES string of the molecule is CCCC1CCN(Cc2cccc(CN)c2)C1. The van der Waals surface area contributed by atoms with Gasteiger partial charge in [0.25, 0.3) is 0 Å². The Bertz CT molecular complexity index is 349. The molecule has 1 unspecified atom stereocenters. The molecule has 1 atom stereocenters. The number of hydrogen-bond acceptors (Lipinski definition) is 2. The van der Waals surface area contributed by atoms with E-state index in [1.807, 2.05) is 0 Å². The third kappa shape index (κ3) is 3.55. The highest BCUT2D eigenvalue weighted by molar-refractivity contribution is 5.23. The van der Waals surface area contributed by atoms with Gasteiger partial charge in [0.05, 0.1) is 0 Å². The van der Waals surface area contributed by atoms with Crippen molar-refractivity contribution < 1.29 is 0 Å². The maximum absolute atomic E-state index is 5.67. The first-order valence-corrected chi connectivity index (χ1v) is 6.82. The van der Waals surface area contributed by atoms with Crippen molar-refractivity contribution in [3.8, 4) is 0 Å². The lowest BCUT2D eigenvalue weighted by molar-refractivity contribution is 0.313. The van der Waals surface area contributed by atoms with E-state index in [1.165, 1.54) is 43.5 Å². The molecule has 1 saturated heterocycles. The van der Waals surface area contributed by atoms with Gasteiger partial charge in [-0.3, -0.25) is 4.90 Å². The van der Waals surface area contributed by atoms with E-state index in [2.05, 4.69) is 36.1 Å². The third-order valence-corrected chi connectivity index (χ3v) is 3.70. The largest absolute Gasteiger partial charge is 0.326 e. The first kappa shape index (κ1) is 12.6. The summed E-state index contributed by atoms with van der Waals surface area (Å²) >= 11 is 0. The maximum atomic E-state index is 5.67. The molecule has 2 heteroatoms. The molecule has 2 N–H and O–H groups in total. The summed E-state index contributed by atoms with van der Waals surface area (Å²) in [5, 5.41) is 0. The Labute approximate surface area is 105 Å². The Morgan fingerprint density at radius 1 is 1.35 bits per heavy atom. The summed E-state index contributed by atoms with van der Waals surface area (Å²) in [5.41, 5.74) is 8.32. The Morgan fingerprint density at radius 2 is 2.18 bits per heavy atom. The van der Waals surface area contributed by atoms with Gasteiger partial charge >= 0.3 is 0 Å². The van der Waals surface area contributed by atoms with Gasteiger partial charge < -0.3 is 5.73 Å². The maximum Gasteiger partial charge on any atom is 0.0233 e. The van der Waals surface area contributed by atoms with Crippen LogP contribution in [0.4, 0.5) is 0 Å². The Balaban J connectivity index is 1.88. The van der Waals surface area contributed by atoms with Crippen LogP contribution in [0.15, 0.2) is 24.3 Å². The summed E-state index contributed by atoms with van der Waals surface area (Å²) < 4.78 is 0. The Hall–Kier alpha value is -0.860. The predicted octanol–water partition coefficient (Wildman–Crippen LogP) is 2.77. The van der Waals surface area contributed by atoms with E-state index in [0.717, 1.165) is 12.5 Å². The minimum atomic E-state index is 0.645. The highest BCUT2D eigenvalue weighted by Gasteiger charge is 2.21. The number of hydrogen-bond donors (Lipinski definition) is 1. The van der Waals surface area contributed by atoms with Crippen LogP contribution in [-0.2, 0) is 13.1 Å². The number of likely N-dealkylation sites (tertiary alicyclic amines) is 1. The topological polar surface area (TPSA) is 29.3 Å². The van der Waals surface area contributed by atoms with Gasteiger partial charge in [0, 0.05) is 19.6 Å². The minimum Gasteiger partial charge on any atom is -0.326 e. The van der Waals surface area contributed by atoms with Crippen LogP contribution in [0.2, 0.25) is 0 Å². The van der Waals surface area contributed by atoms with E-state index < -0.39 is 0 Å². The zero-order valence-electron chi connectivity index (χ0n) is 10.9. The molecular formula is C15H24N2. The van der Waals surface area contributed by atoms with Crippen LogP contribution in [0.5, 0.6) is 0 Å². The highest BCUT2D eigenvalue weighted by Crippen LogP contribution is 2.22. The molecule has 0 spiro atoms. The van der Waals surface area contributed by atoms with Crippen LogP contribution in [0.1, 0.15) is 37.3 Å². The first-order chi connectivity index (χ1) is 8.31. The van der Waals surface area contributed by atoms with Crippen LogP contribution in [0.3, 0.4) is 0 Å². The lowest BCUT2D eigenvalue weighted by atomic mass is 10.0. The summed E-state index contributed by atoms with van der Waals surface area (Å²) in [4.78, 5) is 2.58. The molecule has 2 nitrogen and oxygen atoms in total. The van der Waals surface area contributed by atoms with Gasteiger partial charge in [0.2, 0.25) is 0 Å². The Morgan fingerprint density at radius 3 is 2.94 bits per heavy atom. The zero-order valence-corrected chi connectivity index (χ0v) is 10.9. The molecule has 1 aromatic rings. The van der Waals surface area contributed by atoms with E-state index in [4.69, 9.17) is 5.73 Å². The van der Waals surface area contributed by atoms with Gasteiger partial charge in [-0.25, -0.2) is 0 Å². The molecule has 1 heterocycles. The number of nitrogens with two attached hydrogens (primary N) is 1. The molecule has 1 aromatic carbocycles. The molecule has 0 amide bonds. The van der Waals surface area contributed by atoms with Crippen molar-refractivity contribution in [1.82, 2.24) is 4.90 Å². The van der Waals surface area contributed by atoms with E-state index >= 15 is 0 Å². The van der Waals surface area contributed by atoms with Crippen molar-refractivity contribution >= 4 is 0 Å². The van der Waals surface area contributed by atoms with Crippen molar-refractivity contribution in [2.24, 2.45) is 11.7 Å². The van der Waals surface area contributed by atoms with Gasteiger partial charge in [0.15, 0.2) is 0 Å². The molecule has 94 valence electrons. The van der Waals surface area contributed by atoms with Gasteiger partial charge in [-0.05, 0) is 36.4 Å². The standard InChI is InChI=1S/C15H24N2/c1-2-4-13-7-8-17(11-13)12-15-6-3-5-14(9-15)10-16/h3,5-6,9,13H,2,4,7-8,10-12,16H2,1H3. The molecule has 0 bridgehead atoms. The predicted molar refractivity (Wildman–Crippen MR) is 72.6 cm³/mol. The number of rotatable bonds is 5. The van der Waals surface area contributed by atoms with Crippen molar-refractivity contribution in [2.75, 3.05) is 13.1 Å². The summed E-state index contributed by atoms with van der Waals surface area (Å²) in [6.07, 6.45) is 4.09. The lowest BCUT2D eigenvalue weighted by Gasteiger charge is -2.16. The van der Waals surface area contributed by atoms with Gasteiger partial charge in [-0.15, -0.1) is 0 Å². The average molecular weight is 232 g/mol. The van der Waals surface area contributed by atoms with E-state index in [9.17, 15) is 0 Å². The van der Waals surface area contributed by atoms with Crippen molar-refractivity contribution in [2.45, 2.75) is 39.3 Å². The smallest absolute Gasteiger partial charge is 0.0233 e. The third-order valence-electron chi connectivity index (χ3n) is 3.70. The average Bonchev–Trinajstić information content (AvgIpc) is 2.77. The number of benzene rings is 1. The van der Waals surface area contributed by atoms with Crippen LogP contribution < -0.4 is 5.73 Å². The van der Waals surface area contributed by atoms with Gasteiger partial charge in [0.1, 0.15) is 0 Å². The minimum absolute atomic E-state index is 0.645. The second-order valence-corrected chi connectivity index (χ2v) is 5.20. The fourth-order valence-corrected chi connectivity index (χ4v) is 2.81. The normalized spacial score (nSPS) is 20.9. The zero-order chi connectivity index (χ0) is 12.1. The van der Waals surface area contributed by atoms with Crippen LogP contribution in [-0.4, -0.2) is 18.0 Å². The van der Waals surface area contributed by atoms with Crippen LogP contribution in [0, 0.1) is 5.92 Å². The molecule has 0 aromatic heterocycles. The van der Waals surface area contributed by atoms with E-state index in [-0.39, 0.29) is 0 Å². The summed E-state index contributed by atoms with van der Waals surface area (Å²) in [6.45, 7) is 6.56. The van der Waals surface area contributed by atoms with Crippen molar-refractivity contribution in [1.29, 1.82) is 0 Å².